The van der Waals surface area contributed by atoms with E-state index in [0.29, 0.717) is 5.92 Å². The average molecular weight is 402 g/mol. The molecule has 156 valence electrons. The van der Waals surface area contributed by atoms with Gasteiger partial charge in [-0.15, -0.1) is 0 Å². The van der Waals surface area contributed by atoms with Crippen molar-refractivity contribution in [3.05, 3.63) is 64.7 Å². The number of fused-ring (bicyclic) bond motifs is 2. The number of benzene rings is 2. The third-order valence-electron chi connectivity index (χ3n) is 6.47. The van der Waals surface area contributed by atoms with E-state index in [9.17, 15) is 0 Å². The van der Waals surface area contributed by atoms with Crippen LogP contribution in [0.15, 0.2) is 52.4 Å². The van der Waals surface area contributed by atoms with Gasteiger partial charge in [0.2, 0.25) is 0 Å². The number of guanidine groups is 1. The molecule has 0 aromatic heterocycles. The molecular formula is C25H31N5. The van der Waals surface area contributed by atoms with E-state index in [1.807, 2.05) is 0 Å². The molecule has 0 saturated carbocycles. The summed E-state index contributed by atoms with van der Waals surface area (Å²) in [5.41, 5.74) is 7.23. The summed E-state index contributed by atoms with van der Waals surface area (Å²) in [6.07, 6.45) is 7.50. The molecule has 1 unspecified atom stereocenters. The van der Waals surface area contributed by atoms with E-state index in [0.717, 1.165) is 32.1 Å². The van der Waals surface area contributed by atoms with Crippen molar-refractivity contribution in [2.75, 3.05) is 31.5 Å². The maximum Gasteiger partial charge on any atom is 0.195 e. The Kier molecular flexibility index (Phi) is 5.69. The van der Waals surface area contributed by atoms with Crippen molar-refractivity contribution in [1.82, 2.24) is 10.6 Å². The molecule has 0 bridgehead atoms. The zero-order valence-corrected chi connectivity index (χ0v) is 17.6. The summed E-state index contributed by atoms with van der Waals surface area (Å²) in [6.45, 7) is 3.82. The lowest BCUT2D eigenvalue weighted by atomic mass is 9.82. The number of rotatable bonds is 2. The summed E-state index contributed by atoms with van der Waals surface area (Å²) in [5.74, 6) is 2.69. The summed E-state index contributed by atoms with van der Waals surface area (Å²) in [4.78, 5) is 8.91. The number of nitrogens with zero attached hydrogens (tertiary/aromatic N) is 2. The normalized spacial score (nSPS) is 21.3. The van der Waals surface area contributed by atoms with Crippen LogP contribution in [0.25, 0.3) is 0 Å². The van der Waals surface area contributed by atoms with Crippen LogP contribution in [-0.2, 0) is 19.3 Å². The van der Waals surface area contributed by atoms with Crippen LogP contribution in [0, 0.1) is 0 Å². The molecule has 4 aliphatic rings. The molecule has 3 N–H and O–H groups in total. The van der Waals surface area contributed by atoms with E-state index in [1.165, 1.54) is 72.3 Å². The molecule has 30 heavy (non-hydrogen) atoms. The average Bonchev–Trinajstić information content (AvgIpc) is 3.56. The second-order valence-corrected chi connectivity index (χ2v) is 8.42. The molecule has 0 radical (unpaired) electrons. The number of amidine groups is 1. The second kappa shape index (κ2) is 8.90. The minimum atomic E-state index is 0.539. The van der Waals surface area contributed by atoms with Gasteiger partial charge < -0.3 is 16.0 Å². The first-order valence-corrected chi connectivity index (χ1v) is 11.4. The quantitative estimate of drug-likeness (QED) is 0.720. The fraction of sp³-hybridized carbons (Fsp3) is 0.440. The predicted molar refractivity (Wildman–Crippen MR) is 125 cm³/mol. The SMILES string of the molecule is c1cc2c(c(NC3=NCCN3)c1)CCC2.c1ccc2c(c1)CCCC2C1=NCCN1. The van der Waals surface area contributed by atoms with E-state index in [1.54, 1.807) is 0 Å². The van der Waals surface area contributed by atoms with Crippen molar-refractivity contribution in [3.8, 4) is 0 Å². The van der Waals surface area contributed by atoms with Gasteiger partial charge in [0.15, 0.2) is 5.96 Å². The van der Waals surface area contributed by atoms with Gasteiger partial charge in [-0.05, 0) is 66.8 Å². The third-order valence-corrected chi connectivity index (χ3v) is 6.47. The molecule has 2 aliphatic carbocycles. The van der Waals surface area contributed by atoms with E-state index < -0.39 is 0 Å². The van der Waals surface area contributed by atoms with Gasteiger partial charge in [-0.25, -0.2) is 0 Å². The Balaban J connectivity index is 0.000000128. The minimum Gasteiger partial charge on any atom is -0.371 e. The number of hydrogen-bond donors (Lipinski definition) is 3. The molecule has 2 heterocycles. The fourth-order valence-electron chi connectivity index (χ4n) is 5.03. The number of nitrogens with one attached hydrogen (secondary N) is 3. The van der Waals surface area contributed by atoms with Crippen molar-refractivity contribution in [3.63, 3.8) is 0 Å². The highest BCUT2D eigenvalue weighted by atomic mass is 15.2. The van der Waals surface area contributed by atoms with Gasteiger partial charge in [0.05, 0.1) is 13.1 Å². The van der Waals surface area contributed by atoms with Crippen LogP contribution in [-0.4, -0.2) is 38.0 Å². The lowest BCUT2D eigenvalue weighted by Gasteiger charge is -2.25. The topological polar surface area (TPSA) is 60.8 Å². The Labute approximate surface area is 179 Å². The molecule has 0 fully saturated rings. The Morgan fingerprint density at radius 2 is 1.63 bits per heavy atom. The van der Waals surface area contributed by atoms with Gasteiger partial charge in [0.25, 0.3) is 0 Å². The van der Waals surface area contributed by atoms with Gasteiger partial charge >= 0.3 is 0 Å². The highest BCUT2D eigenvalue weighted by Crippen LogP contribution is 2.32. The Morgan fingerprint density at radius 3 is 2.50 bits per heavy atom. The van der Waals surface area contributed by atoms with Crippen LogP contribution in [0.2, 0.25) is 0 Å². The highest BCUT2D eigenvalue weighted by molar-refractivity contribution is 5.95. The number of aryl methyl sites for hydroxylation is 2. The van der Waals surface area contributed by atoms with E-state index >= 15 is 0 Å². The molecule has 0 amide bonds. The van der Waals surface area contributed by atoms with Crippen LogP contribution in [0.5, 0.6) is 0 Å². The first-order valence-electron chi connectivity index (χ1n) is 11.4. The zero-order chi connectivity index (χ0) is 20.2. The molecule has 2 aromatic carbocycles. The molecule has 6 rings (SSSR count). The molecule has 2 aliphatic heterocycles. The van der Waals surface area contributed by atoms with Crippen LogP contribution < -0.4 is 16.0 Å². The molecule has 0 spiro atoms. The summed E-state index contributed by atoms with van der Waals surface area (Å²) in [7, 11) is 0. The largest absolute Gasteiger partial charge is 0.371 e. The maximum atomic E-state index is 4.56. The fourth-order valence-corrected chi connectivity index (χ4v) is 5.03. The van der Waals surface area contributed by atoms with Crippen LogP contribution in [0.1, 0.15) is 47.4 Å². The highest BCUT2D eigenvalue weighted by Gasteiger charge is 2.25. The summed E-state index contributed by atoms with van der Waals surface area (Å²) in [5, 5.41) is 10.0. The van der Waals surface area contributed by atoms with Crippen molar-refractivity contribution in [2.24, 2.45) is 9.98 Å². The molecule has 1 atom stereocenters. The zero-order valence-electron chi connectivity index (χ0n) is 17.6. The van der Waals surface area contributed by atoms with Crippen LogP contribution >= 0.6 is 0 Å². The second-order valence-electron chi connectivity index (χ2n) is 8.42. The summed E-state index contributed by atoms with van der Waals surface area (Å²) >= 11 is 0. The standard InChI is InChI=1S/C13H16N2.C12H15N3/c1-2-6-11-10(4-1)5-3-7-12(11)13-14-8-9-15-13;1-3-9-4-2-6-11(10(9)5-1)15-12-13-7-8-14-12/h1-2,4,6,12H,3,5,7-9H2,(H,14,15);2,4,6H,1,3,5,7-8H2,(H2,13,14,15). The van der Waals surface area contributed by atoms with Crippen molar-refractivity contribution >= 4 is 17.5 Å². The van der Waals surface area contributed by atoms with E-state index in [-0.39, 0.29) is 0 Å². The molecular weight excluding hydrogens is 370 g/mol. The molecule has 2 aromatic rings. The number of aliphatic imine (C=N–C) groups is 2. The van der Waals surface area contributed by atoms with Crippen molar-refractivity contribution in [2.45, 2.75) is 44.4 Å². The Hall–Kier alpha value is -2.82. The van der Waals surface area contributed by atoms with Gasteiger partial charge in [-0.1, -0.05) is 36.4 Å². The monoisotopic (exact) mass is 401 g/mol. The Bertz CT molecular complexity index is 962. The van der Waals surface area contributed by atoms with Crippen LogP contribution in [0.4, 0.5) is 5.69 Å². The lowest BCUT2D eigenvalue weighted by molar-refractivity contribution is 0.641. The van der Waals surface area contributed by atoms with Gasteiger partial charge in [0, 0.05) is 24.7 Å². The maximum absolute atomic E-state index is 4.56. The summed E-state index contributed by atoms with van der Waals surface area (Å²) < 4.78 is 0. The Morgan fingerprint density at radius 1 is 0.800 bits per heavy atom. The minimum absolute atomic E-state index is 0.539. The van der Waals surface area contributed by atoms with Gasteiger partial charge in [0.1, 0.15) is 5.84 Å². The summed E-state index contributed by atoms with van der Waals surface area (Å²) in [6, 6.07) is 15.3. The molecule has 5 nitrogen and oxygen atoms in total. The number of hydrogen-bond acceptors (Lipinski definition) is 5. The smallest absolute Gasteiger partial charge is 0.195 e. The third kappa shape index (κ3) is 4.07. The number of anilines is 1. The van der Waals surface area contributed by atoms with E-state index in [2.05, 4.69) is 68.4 Å². The van der Waals surface area contributed by atoms with Gasteiger partial charge in [-0.2, -0.15) is 0 Å². The first kappa shape index (κ1) is 19.2. The van der Waals surface area contributed by atoms with Gasteiger partial charge in [-0.3, -0.25) is 9.98 Å². The van der Waals surface area contributed by atoms with Crippen LogP contribution in [0.3, 0.4) is 0 Å². The van der Waals surface area contributed by atoms with Crippen molar-refractivity contribution < 1.29 is 0 Å². The van der Waals surface area contributed by atoms with Crippen molar-refractivity contribution in [1.29, 1.82) is 0 Å². The molecule has 5 heteroatoms. The van der Waals surface area contributed by atoms with E-state index in [4.69, 9.17) is 0 Å². The molecule has 0 saturated heterocycles. The predicted octanol–water partition coefficient (Wildman–Crippen LogP) is 3.65. The first-order chi connectivity index (χ1) is 14.9. The lowest BCUT2D eigenvalue weighted by Crippen LogP contribution is -2.28.